The molecule has 0 aliphatic heterocycles. The highest BCUT2D eigenvalue weighted by Crippen LogP contribution is 2.21. The summed E-state index contributed by atoms with van der Waals surface area (Å²) in [5, 5.41) is 12.8. The van der Waals surface area contributed by atoms with E-state index in [1.807, 2.05) is 6.26 Å². The molecule has 1 aromatic rings. The number of hydrogen-bond acceptors (Lipinski definition) is 3. The van der Waals surface area contributed by atoms with E-state index in [0.717, 1.165) is 5.75 Å². The smallest absolute Gasteiger partial charge is 0.255 e. The first kappa shape index (κ1) is 14.2. The molecule has 1 atom stereocenters. The van der Waals surface area contributed by atoms with Gasteiger partial charge in [0.1, 0.15) is 5.75 Å². The Kier molecular flexibility index (Phi) is 5.65. The molecule has 0 aliphatic carbocycles. The number of amides is 1. The molecule has 1 aromatic carbocycles. The molecule has 17 heavy (non-hydrogen) atoms. The Hall–Kier alpha value is -0.870. The fourth-order valence-electron chi connectivity index (χ4n) is 1.40. The number of phenols is 1. The molecule has 0 heterocycles. The Morgan fingerprint density at radius 3 is 2.88 bits per heavy atom. The van der Waals surface area contributed by atoms with Gasteiger partial charge in [-0.05, 0) is 36.1 Å². The van der Waals surface area contributed by atoms with Gasteiger partial charge in [0.25, 0.3) is 5.91 Å². The second kappa shape index (κ2) is 6.77. The highest BCUT2D eigenvalue weighted by Gasteiger charge is 2.12. The first-order valence-electron chi connectivity index (χ1n) is 5.30. The van der Waals surface area contributed by atoms with Crippen molar-refractivity contribution in [2.24, 2.45) is 5.92 Å². The normalized spacial score (nSPS) is 12.2. The number of carbonyl (C=O) groups is 1. The Morgan fingerprint density at radius 2 is 2.29 bits per heavy atom. The monoisotopic (exact) mass is 273 g/mol. The fraction of sp³-hybridized carbons (Fsp3) is 0.417. The maximum atomic E-state index is 11.8. The van der Waals surface area contributed by atoms with Gasteiger partial charge in [-0.1, -0.05) is 18.5 Å². The number of halogens is 1. The summed E-state index contributed by atoms with van der Waals surface area (Å²) in [5.74, 6) is 1.04. The van der Waals surface area contributed by atoms with Crippen molar-refractivity contribution in [3.63, 3.8) is 0 Å². The topological polar surface area (TPSA) is 49.3 Å². The van der Waals surface area contributed by atoms with Crippen molar-refractivity contribution in [1.82, 2.24) is 5.32 Å². The van der Waals surface area contributed by atoms with Gasteiger partial charge in [-0.15, -0.1) is 0 Å². The summed E-state index contributed by atoms with van der Waals surface area (Å²) in [5.41, 5.74) is 0.255. The number of rotatable bonds is 5. The minimum Gasteiger partial charge on any atom is -0.507 e. The Labute approximate surface area is 111 Å². The minimum absolute atomic E-state index is 0.0903. The van der Waals surface area contributed by atoms with E-state index in [4.69, 9.17) is 11.6 Å². The summed E-state index contributed by atoms with van der Waals surface area (Å²) < 4.78 is 0. The van der Waals surface area contributed by atoms with Crippen LogP contribution in [0.4, 0.5) is 0 Å². The van der Waals surface area contributed by atoms with Gasteiger partial charge in [-0.25, -0.2) is 0 Å². The summed E-state index contributed by atoms with van der Waals surface area (Å²) in [6, 6.07) is 4.47. The van der Waals surface area contributed by atoms with Crippen LogP contribution >= 0.6 is 23.4 Å². The molecule has 3 nitrogen and oxygen atoms in total. The Balaban J connectivity index is 2.58. The molecule has 1 rings (SSSR count). The lowest BCUT2D eigenvalue weighted by Gasteiger charge is -2.11. The molecule has 0 saturated heterocycles. The van der Waals surface area contributed by atoms with E-state index < -0.39 is 0 Å². The molecule has 1 unspecified atom stereocenters. The lowest BCUT2D eigenvalue weighted by molar-refractivity contribution is 0.0946. The standard InChI is InChI=1S/C12H16ClNO2S/c1-8(7-17-2)6-14-12(16)10-4-3-9(13)5-11(10)15/h3-5,8,15H,6-7H2,1-2H3,(H,14,16). The van der Waals surface area contributed by atoms with Crippen LogP contribution in [0.5, 0.6) is 5.75 Å². The summed E-state index contributed by atoms with van der Waals surface area (Å²) in [6.07, 6.45) is 2.03. The van der Waals surface area contributed by atoms with Gasteiger partial charge in [0, 0.05) is 11.6 Å². The molecule has 1 amide bonds. The second-order valence-electron chi connectivity index (χ2n) is 3.93. The lowest BCUT2D eigenvalue weighted by Crippen LogP contribution is -2.29. The maximum absolute atomic E-state index is 11.8. The number of carbonyl (C=O) groups excluding carboxylic acids is 1. The number of nitrogens with one attached hydrogen (secondary N) is 1. The molecular formula is C12H16ClNO2S. The third-order valence-corrected chi connectivity index (χ3v) is 3.40. The molecule has 5 heteroatoms. The van der Waals surface area contributed by atoms with Crippen LogP contribution in [0.25, 0.3) is 0 Å². The predicted octanol–water partition coefficient (Wildman–Crippen LogP) is 2.77. The van der Waals surface area contributed by atoms with Gasteiger partial charge < -0.3 is 10.4 Å². The van der Waals surface area contributed by atoms with Crippen LogP contribution in [0, 0.1) is 5.92 Å². The van der Waals surface area contributed by atoms with Crippen molar-refractivity contribution in [1.29, 1.82) is 0 Å². The van der Waals surface area contributed by atoms with E-state index in [-0.39, 0.29) is 17.2 Å². The molecule has 0 radical (unpaired) electrons. The van der Waals surface area contributed by atoms with Gasteiger partial charge in [0.2, 0.25) is 0 Å². The zero-order valence-electron chi connectivity index (χ0n) is 9.87. The Morgan fingerprint density at radius 1 is 1.59 bits per heavy atom. The quantitative estimate of drug-likeness (QED) is 0.867. The van der Waals surface area contributed by atoms with Crippen molar-refractivity contribution >= 4 is 29.3 Å². The number of hydrogen-bond donors (Lipinski definition) is 2. The van der Waals surface area contributed by atoms with Gasteiger partial charge in [0.05, 0.1) is 5.56 Å². The molecule has 0 fully saturated rings. The van der Waals surface area contributed by atoms with Crippen LogP contribution in [0.3, 0.4) is 0 Å². The van der Waals surface area contributed by atoms with Crippen molar-refractivity contribution < 1.29 is 9.90 Å². The van der Waals surface area contributed by atoms with Crippen LogP contribution in [0.1, 0.15) is 17.3 Å². The van der Waals surface area contributed by atoms with Crippen molar-refractivity contribution in [2.45, 2.75) is 6.92 Å². The van der Waals surface area contributed by atoms with Crippen molar-refractivity contribution in [3.8, 4) is 5.75 Å². The van der Waals surface area contributed by atoms with Gasteiger partial charge in [-0.2, -0.15) is 11.8 Å². The molecule has 94 valence electrons. The summed E-state index contributed by atoms with van der Waals surface area (Å²) in [6.45, 7) is 2.67. The van der Waals surface area contributed by atoms with Crippen molar-refractivity contribution in [2.75, 3.05) is 18.6 Å². The van der Waals surface area contributed by atoms with Crippen molar-refractivity contribution in [3.05, 3.63) is 28.8 Å². The molecule has 0 spiro atoms. The number of thioether (sulfide) groups is 1. The molecular weight excluding hydrogens is 258 g/mol. The molecule has 2 N–H and O–H groups in total. The van der Waals surface area contributed by atoms with E-state index in [2.05, 4.69) is 12.2 Å². The average molecular weight is 274 g/mol. The third kappa shape index (κ3) is 4.48. The van der Waals surface area contributed by atoms with E-state index >= 15 is 0 Å². The number of aromatic hydroxyl groups is 1. The van der Waals surface area contributed by atoms with E-state index in [1.165, 1.54) is 12.1 Å². The van der Waals surface area contributed by atoms with E-state index in [9.17, 15) is 9.90 Å². The van der Waals surface area contributed by atoms with Crippen LogP contribution in [0.2, 0.25) is 5.02 Å². The van der Waals surface area contributed by atoms with Crippen LogP contribution < -0.4 is 5.32 Å². The van der Waals surface area contributed by atoms with Gasteiger partial charge in [0.15, 0.2) is 0 Å². The number of phenolic OH excluding ortho intramolecular Hbond substituents is 1. The highest BCUT2D eigenvalue weighted by molar-refractivity contribution is 7.98. The zero-order chi connectivity index (χ0) is 12.8. The predicted molar refractivity (Wildman–Crippen MR) is 73.0 cm³/mol. The second-order valence-corrected chi connectivity index (χ2v) is 5.28. The van der Waals surface area contributed by atoms with Gasteiger partial charge >= 0.3 is 0 Å². The van der Waals surface area contributed by atoms with Gasteiger partial charge in [-0.3, -0.25) is 4.79 Å². The first-order valence-corrected chi connectivity index (χ1v) is 7.07. The summed E-state index contributed by atoms with van der Waals surface area (Å²) >= 11 is 7.44. The summed E-state index contributed by atoms with van der Waals surface area (Å²) in [7, 11) is 0. The minimum atomic E-state index is -0.271. The molecule has 0 saturated carbocycles. The highest BCUT2D eigenvalue weighted by atomic mass is 35.5. The third-order valence-electron chi connectivity index (χ3n) is 2.27. The van der Waals surface area contributed by atoms with E-state index in [0.29, 0.717) is 17.5 Å². The maximum Gasteiger partial charge on any atom is 0.255 e. The SMILES string of the molecule is CSCC(C)CNC(=O)c1ccc(Cl)cc1O. The molecule has 0 aliphatic rings. The zero-order valence-corrected chi connectivity index (χ0v) is 11.4. The van der Waals surface area contributed by atoms with Crippen LogP contribution in [0.15, 0.2) is 18.2 Å². The Bertz CT molecular complexity index is 398. The van der Waals surface area contributed by atoms with E-state index in [1.54, 1.807) is 17.8 Å². The largest absolute Gasteiger partial charge is 0.507 e. The van der Waals surface area contributed by atoms with Crippen LogP contribution in [-0.2, 0) is 0 Å². The molecule has 0 bridgehead atoms. The molecule has 0 aromatic heterocycles. The first-order chi connectivity index (χ1) is 8.04. The average Bonchev–Trinajstić information content (AvgIpc) is 2.26. The lowest BCUT2D eigenvalue weighted by atomic mass is 10.1. The van der Waals surface area contributed by atoms with Crippen LogP contribution in [-0.4, -0.2) is 29.6 Å². The fourth-order valence-corrected chi connectivity index (χ4v) is 2.26. The summed E-state index contributed by atoms with van der Waals surface area (Å²) in [4.78, 5) is 11.8. The number of benzene rings is 1.